The Hall–Kier alpha value is -2.46. The molecule has 146 valence electrons. The molecule has 0 radical (unpaired) electrons. The molecular weight excluding hydrogens is 400 g/mol. The average molecular weight is 419 g/mol. The van der Waals surface area contributed by atoms with Gasteiger partial charge < -0.3 is 0 Å². The van der Waals surface area contributed by atoms with Crippen LogP contribution < -0.4 is 0 Å². The van der Waals surface area contributed by atoms with E-state index in [1.54, 1.807) is 36.4 Å². The van der Waals surface area contributed by atoms with E-state index in [4.69, 9.17) is 0 Å². The van der Waals surface area contributed by atoms with E-state index in [-0.39, 0.29) is 35.7 Å². The van der Waals surface area contributed by atoms with Gasteiger partial charge in [0.1, 0.15) is 0 Å². The van der Waals surface area contributed by atoms with E-state index in [1.807, 2.05) is 0 Å². The fraction of sp³-hybridized carbons (Fsp3) is 0.333. The third-order valence-corrected chi connectivity index (χ3v) is 10.1. The Labute approximate surface area is 163 Å². The molecule has 0 bridgehead atoms. The van der Waals surface area contributed by atoms with E-state index in [9.17, 15) is 16.8 Å². The molecule has 28 heavy (non-hydrogen) atoms. The Morgan fingerprint density at radius 2 is 0.964 bits per heavy atom. The van der Waals surface area contributed by atoms with Crippen molar-refractivity contribution in [3.8, 4) is 0 Å². The highest BCUT2D eigenvalue weighted by atomic mass is 32.2. The quantitative estimate of drug-likeness (QED) is 0.741. The van der Waals surface area contributed by atoms with Crippen LogP contribution in [-0.4, -0.2) is 39.7 Å². The van der Waals surface area contributed by atoms with Crippen molar-refractivity contribution in [2.75, 3.05) is 13.1 Å². The lowest BCUT2D eigenvalue weighted by atomic mass is 10.0. The van der Waals surface area contributed by atoms with Crippen molar-refractivity contribution in [2.45, 2.75) is 32.4 Å². The van der Waals surface area contributed by atoms with Crippen molar-refractivity contribution in [1.82, 2.24) is 0 Å². The molecule has 0 N–H and O–H groups in total. The summed E-state index contributed by atoms with van der Waals surface area (Å²) in [7, 11) is -8.45. The molecule has 0 saturated carbocycles. The van der Waals surface area contributed by atoms with Crippen molar-refractivity contribution in [2.24, 2.45) is 20.5 Å². The molecule has 2 aliphatic rings. The van der Waals surface area contributed by atoms with Crippen LogP contribution in [0.5, 0.6) is 0 Å². The van der Waals surface area contributed by atoms with Crippen molar-refractivity contribution in [3.63, 3.8) is 0 Å². The Balaban J connectivity index is 2.01. The molecule has 0 aliphatic carbocycles. The first-order chi connectivity index (χ1) is 13.4. The lowest BCUT2D eigenvalue weighted by Crippen LogP contribution is -2.59. The van der Waals surface area contributed by atoms with E-state index in [2.05, 4.69) is 20.5 Å². The maximum atomic E-state index is 13.7. The van der Waals surface area contributed by atoms with E-state index >= 15 is 0 Å². The number of rotatable bonds is 5. The fourth-order valence-corrected chi connectivity index (χ4v) is 8.41. The summed E-state index contributed by atoms with van der Waals surface area (Å²) in [5.41, 5.74) is 0. The predicted molar refractivity (Wildman–Crippen MR) is 101 cm³/mol. The normalized spacial score (nSPS) is 27.3. The minimum atomic E-state index is -4.23. The smallest absolute Gasteiger partial charge is 0.221 e. The van der Waals surface area contributed by atoms with Crippen LogP contribution in [0.15, 0.2) is 90.9 Å². The van der Waals surface area contributed by atoms with Gasteiger partial charge in [0.05, 0.1) is 22.9 Å². The molecule has 4 rings (SSSR count). The summed E-state index contributed by atoms with van der Waals surface area (Å²) in [5.74, 6) is 0. The molecule has 2 atom stereocenters. The number of nitrogens with zero attached hydrogens (tertiary/aromatic N) is 4. The second kappa shape index (κ2) is 6.56. The second-order valence-corrected chi connectivity index (χ2v) is 10.9. The highest BCUT2D eigenvalue weighted by Crippen LogP contribution is 2.52. The van der Waals surface area contributed by atoms with Gasteiger partial charge in [0.15, 0.2) is 0 Å². The maximum absolute atomic E-state index is 13.7. The largest absolute Gasteiger partial charge is 0.229 e. The number of sulfone groups is 2. The Kier molecular flexibility index (Phi) is 4.42. The fourth-order valence-electron chi connectivity index (χ4n) is 3.76. The van der Waals surface area contributed by atoms with Gasteiger partial charge in [-0.25, -0.2) is 16.8 Å². The molecule has 2 aliphatic heterocycles. The standard InChI is InChI=1S/C18H18N4O4S2/c23-27(24,15-7-3-1-4-8-15)17(11-13-19-21-17)18(12-14-20-22-18)28(25,26)16-9-5-2-6-10-16/h1-10H,11-14H2/t17-,18-/m1/s1. The van der Waals surface area contributed by atoms with Gasteiger partial charge in [-0.3, -0.25) is 0 Å². The van der Waals surface area contributed by atoms with E-state index < -0.39 is 29.4 Å². The molecule has 10 heteroatoms. The molecule has 2 aromatic carbocycles. The zero-order valence-corrected chi connectivity index (χ0v) is 16.5. The molecule has 0 saturated heterocycles. The zero-order chi connectivity index (χ0) is 19.9. The van der Waals surface area contributed by atoms with Crippen LogP contribution in [0, 0.1) is 0 Å². The molecule has 0 aromatic heterocycles. The van der Waals surface area contributed by atoms with Gasteiger partial charge in [0.2, 0.25) is 29.4 Å². The molecule has 0 spiro atoms. The molecule has 0 fully saturated rings. The van der Waals surface area contributed by atoms with Crippen LogP contribution in [0.25, 0.3) is 0 Å². The number of azo groups is 2. The lowest BCUT2D eigenvalue weighted by Gasteiger charge is -2.38. The van der Waals surface area contributed by atoms with E-state index in [0.29, 0.717) is 0 Å². The number of benzene rings is 2. The van der Waals surface area contributed by atoms with Crippen LogP contribution in [0.1, 0.15) is 12.8 Å². The summed E-state index contributed by atoms with van der Waals surface area (Å²) in [4.78, 5) is -4.15. The summed E-state index contributed by atoms with van der Waals surface area (Å²) in [5, 5.41) is 15.9. The lowest BCUT2D eigenvalue weighted by molar-refractivity contribution is 0.387. The third kappa shape index (κ3) is 2.40. The third-order valence-electron chi connectivity index (χ3n) is 5.17. The first-order valence-corrected chi connectivity index (χ1v) is 11.7. The van der Waals surface area contributed by atoms with Gasteiger partial charge in [-0.15, -0.1) is 0 Å². The summed E-state index contributed by atoms with van der Waals surface area (Å²) in [6, 6.07) is 15.4. The van der Waals surface area contributed by atoms with E-state index in [0.717, 1.165) is 0 Å². The summed E-state index contributed by atoms with van der Waals surface area (Å²) in [6.45, 7) is 0.210. The topological polar surface area (TPSA) is 118 Å². The Bertz CT molecular complexity index is 1060. The molecule has 2 heterocycles. The summed E-state index contributed by atoms with van der Waals surface area (Å²) >= 11 is 0. The molecule has 0 unspecified atom stereocenters. The van der Waals surface area contributed by atoms with Crippen molar-refractivity contribution < 1.29 is 16.8 Å². The highest BCUT2D eigenvalue weighted by Gasteiger charge is 2.70. The van der Waals surface area contributed by atoms with Crippen molar-refractivity contribution >= 4 is 19.7 Å². The molecule has 2 aromatic rings. The van der Waals surface area contributed by atoms with Crippen LogP contribution in [0.3, 0.4) is 0 Å². The van der Waals surface area contributed by atoms with Gasteiger partial charge >= 0.3 is 0 Å². The maximum Gasteiger partial charge on any atom is 0.229 e. The number of hydrogen-bond acceptors (Lipinski definition) is 8. The minimum absolute atomic E-state index is 0.0133. The monoisotopic (exact) mass is 418 g/mol. The second-order valence-electron chi connectivity index (χ2n) is 6.63. The summed E-state index contributed by atoms with van der Waals surface area (Å²) < 4.78 is 54.8. The van der Waals surface area contributed by atoms with Crippen LogP contribution in [0.4, 0.5) is 0 Å². The van der Waals surface area contributed by atoms with Gasteiger partial charge in [-0.2, -0.15) is 20.5 Å². The van der Waals surface area contributed by atoms with Crippen LogP contribution in [0.2, 0.25) is 0 Å². The van der Waals surface area contributed by atoms with E-state index in [1.165, 1.54) is 24.3 Å². The van der Waals surface area contributed by atoms with Gasteiger partial charge in [0.25, 0.3) is 0 Å². The average Bonchev–Trinajstić information content (AvgIpc) is 3.41. The minimum Gasteiger partial charge on any atom is -0.221 e. The van der Waals surface area contributed by atoms with Gasteiger partial charge in [-0.05, 0) is 24.3 Å². The SMILES string of the molecule is O=S(=O)(c1ccccc1)[C@@]1([C@]2(S(=O)(=O)c3ccccc3)CCN=N2)CCN=N1. The van der Waals surface area contributed by atoms with Crippen LogP contribution >= 0.6 is 0 Å². The van der Waals surface area contributed by atoms with Gasteiger partial charge in [0, 0.05) is 12.8 Å². The molecule has 8 nitrogen and oxygen atoms in total. The molecular formula is C18H18N4O4S2. The Morgan fingerprint density at radius 3 is 1.25 bits per heavy atom. The number of hydrogen-bond donors (Lipinski definition) is 0. The first-order valence-electron chi connectivity index (χ1n) is 8.74. The highest BCUT2D eigenvalue weighted by molar-refractivity contribution is 7.97. The summed E-state index contributed by atoms with van der Waals surface area (Å²) in [6.07, 6.45) is -0.148. The van der Waals surface area contributed by atoms with Crippen LogP contribution in [-0.2, 0) is 19.7 Å². The molecule has 0 amide bonds. The van der Waals surface area contributed by atoms with Gasteiger partial charge in [-0.1, -0.05) is 36.4 Å². The predicted octanol–water partition coefficient (Wildman–Crippen LogP) is 3.04. The first kappa shape index (κ1) is 18.9. The Morgan fingerprint density at radius 1 is 0.607 bits per heavy atom. The van der Waals surface area contributed by atoms with Crippen molar-refractivity contribution in [3.05, 3.63) is 60.7 Å². The van der Waals surface area contributed by atoms with Crippen molar-refractivity contribution in [1.29, 1.82) is 0 Å². The zero-order valence-electron chi connectivity index (χ0n) is 14.8.